The molecule has 9 heteroatoms. The van der Waals surface area contributed by atoms with Crippen molar-refractivity contribution >= 4 is 28.3 Å². The summed E-state index contributed by atoms with van der Waals surface area (Å²) in [5, 5.41) is 8.34. The van der Waals surface area contributed by atoms with Crippen LogP contribution in [0.1, 0.15) is 36.0 Å². The SMILES string of the molecule is Cc1nc(C2CC(=CC(=O)Nc3cc4cc(-c5cnccc5C)nc(N)c4cn3)C2)no1. The molecule has 1 amide bonds. The number of amides is 1. The molecule has 0 atom stereocenters. The van der Waals surface area contributed by atoms with Gasteiger partial charge in [-0.05, 0) is 48.9 Å². The van der Waals surface area contributed by atoms with E-state index < -0.39 is 0 Å². The Labute approximate surface area is 183 Å². The number of carbonyl (C=O) groups excluding carboxylic acids is 1. The van der Waals surface area contributed by atoms with Crippen LogP contribution in [0.4, 0.5) is 11.6 Å². The van der Waals surface area contributed by atoms with Gasteiger partial charge >= 0.3 is 0 Å². The molecule has 4 aromatic heterocycles. The van der Waals surface area contributed by atoms with Crippen LogP contribution in [0.15, 0.2) is 53.0 Å². The van der Waals surface area contributed by atoms with Crippen molar-refractivity contribution in [1.82, 2.24) is 25.1 Å². The van der Waals surface area contributed by atoms with Crippen LogP contribution in [0.5, 0.6) is 0 Å². The molecule has 0 saturated heterocycles. The van der Waals surface area contributed by atoms with Gasteiger partial charge in [-0.25, -0.2) is 9.97 Å². The molecule has 1 aliphatic carbocycles. The molecule has 0 radical (unpaired) electrons. The van der Waals surface area contributed by atoms with Crippen LogP contribution >= 0.6 is 0 Å². The van der Waals surface area contributed by atoms with Crippen molar-refractivity contribution < 1.29 is 9.32 Å². The number of nitrogen functional groups attached to an aromatic ring is 1. The van der Waals surface area contributed by atoms with Crippen molar-refractivity contribution in [1.29, 1.82) is 0 Å². The Hall–Kier alpha value is -4.14. The first kappa shape index (κ1) is 19.8. The van der Waals surface area contributed by atoms with Gasteiger partial charge in [-0.15, -0.1) is 0 Å². The third-order valence-electron chi connectivity index (χ3n) is 5.57. The molecule has 4 heterocycles. The van der Waals surface area contributed by atoms with Crippen molar-refractivity contribution in [2.75, 3.05) is 11.1 Å². The molecular formula is C23H21N7O2. The van der Waals surface area contributed by atoms with E-state index >= 15 is 0 Å². The summed E-state index contributed by atoms with van der Waals surface area (Å²) in [6, 6.07) is 5.65. The van der Waals surface area contributed by atoms with E-state index in [9.17, 15) is 4.79 Å². The van der Waals surface area contributed by atoms with Gasteiger partial charge in [0.25, 0.3) is 0 Å². The van der Waals surface area contributed by atoms with Crippen molar-refractivity contribution in [2.24, 2.45) is 0 Å². The van der Waals surface area contributed by atoms with E-state index in [1.165, 1.54) is 0 Å². The molecule has 160 valence electrons. The standard InChI is InChI=1S/C23H21N7O2/c1-12-3-4-25-10-17(12)19-8-15-9-20(26-11-18(15)22(24)28-19)29-21(31)7-14-5-16(6-14)23-27-13(2)32-30-23/h3-4,7-11,16H,5-6H2,1-2H3,(H2,24,28)(H,26,29,31). The number of carbonyl (C=O) groups is 1. The first-order valence-electron chi connectivity index (χ1n) is 10.2. The van der Waals surface area contributed by atoms with Crippen LogP contribution in [-0.2, 0) is 4.79 Å². The van der Waals surface area contributed by atoms with E-state index in [1.807, 2.05) is 19.1 Å². The van der Waals surface area contributed by atoms with Crippen LogP contribution in [0.2, 0.25) is 0 Å². The largest absolute Gasteiger partial charge is 0.383 e. The first-order chi connectivity index (χ1) is 15.5. The molecule has 0 unspecified atom stereocenters. The first-order valence-corrected chi connectivity index (χ1v) is 10.2. The predicted molar refractivity (Wildman–Crippen MR) is 120 cm³/mol. The molecule has 1 fully saturated rings. The zero-order valence-electron chi connectivity index (χ0n) is 17.7. The van der Waals surface area contributed by atoms with Gasteiger partial charge in [0.15, 0.2) is 5.82 Å². The van der Waals surface area contributed by atoms with Gasteiger partial charge in [-0.3, -0.25) is 9.78 Å². The lowest BCUT2D eigenvalue weighted by Crippen LogP contribution is -2.18. The Balaban J connectivity index is 1.33. The molecular weight excluding hydrogens is 406 g/mol. The molecule has 9 nitrogen and oxygen atoms in total. The number of pyridine rings is 3. The van der Waals surface area contributed by atoms with Crippen LogP contribution in [0, 0.1) is 13.8 Å². The molecule has 3 N–H and O–H groups in total. The summed E-state index contributed by atoms with van der Waals surface area (Å²) in [6.45, 7) is 3.76. The maximum atomic E-state index is 12.5. The maximum absolute atomic E-state index is 12.5. The molecule has 0 aliphatic heterocycles. The van der Waals surface area contributed by atoms with Gasteiger partial charge in [0.05, 0.1) is 5.69 Å². The molecule has 1 aliphatic rings. The molecule has 0 spiro atoms. The fourth-order valence-corrected chi connectivity index (χ4v) is 3.81. The summed E-state index contributed by atoms with van der Waals surface area (Å²) in [4.78, 5) is 29.7. The number of rotatable bonds is 4. The number of fused-ring (bicyclic) bond motifs is 1. The summed E-state index contributed by atoms with van der Waals surface area (Å²) >= 11 is 0. The summed E-state index contributed by atoms with van der Waals surface area (Å²) in [6.07, 6.45) is 8.23. The Kier molecular flexibility index (Phi) is 4.85. The fourth-order valence-electron chi connectivity index (χ4n) is 3.81. The number of hydrogen-bond acceptors (Lipinski definition) is 8. The molecule has 0 bridgehead atoms. The van der Waals surface area contributed by atoms with E-state index in [0.717, 1.165) is 46.0 Å². The number of nitrogens with one attached hydrogen (secondary N) is 1. The monoisotopic (exact) mass is 427 g/mol. The lowest BCUT2D eigenvalue weighted by Gasteiger charge is -2.26. The van der Waals surface area contributed by atoms with Gasteiger partial charge < -0.3 is 15.6 Å². The van der Waals surface area contributed by atoms with Gasteiger partial charge in [-0.1, -0.05) is 10.7 Å². The van der Waals surface area contributed by atoms with E-state index in [-0.39, 0.29) is 11.8 Å². The maximum Gasteiger partial charge on any atom is 0.249 e. The Morgan fingerprint density at radius 2 is 2.06 bits per heavy atom. The van der Waals surface area contributed by atoms with E-state index in [4.69, 9.17) is 10.3 Å². The Morgan fingerprint density at radius 1 is 1.22 bits per heavy atom. The van der Waals surface area contributed by atoms with Gasteiger partial charge in [0.1, 0.15) is 11.6 Å². The fraction of sp³-hybridized carbons (Fsp3) is 0.217. The zero-order chi connectivity index (χ0) is 22.2. The van der Waals surface area contributed by atoms with Crippen LogP contribution in [0.3, 0.4) is 0 Å². The Morgan fingerprint density at radius 3 is 2.81 bits per heavy atom. The minimum Gasteiger partial charge on any atom is -0.383 e. The van der Waals surface area contributed by atoms with E-state index in [1.54, 1.807) is 37.7 Å². The van der Waals surface area contributed by atoms with E-state index in [0.29, 0.717) is 23.4 Å². The Bertz CT molecular complexity index is 1370. The molecule has 32 heavy (non-hydrogen) atoms. The van der Waals surface area contributed by atoms with Crippen molar-refractivity contribution in [3.05, 3.63) is 65.7 Å². The average molecular weight is 427 g/mol. The second-order valence-electron chi connectivity index (χ2n) is 7.94. The lowest BCUT2D eigenvalue weighted by molar-refractivity contribution is -0.112. The highest BCUT2D eigenvalue weighted by Gasteiger charge is 2.29. The summed E-state index contributed by atoms with van der Waals surface area (Å²) < 4.78 is 5.02. The van der Waals surface area contributed by atoms with Crippen molar-refractivity contribution in [2.45, 2.75) is 32.6 Å². The number of allylic oxidation sites excluding steroid dienone is 1. The van der Waals surface area contributed by atoms with Crippen molar-refractivity contribution in [3.8, 4) is 11.3 Å². The lowest BCUT2D eigenvalue weighted by atomic mass is 9.79. The number of nitrogens with two attached hydrogens (primary N) is 1. The van der Waals surface area contributed by atoms with Crippen molar-refractivity contribution in [3.63, 3.8) is 0 Å². The predicted octanol–water partition coefficient (Wildman–Crippen LogP) is 3.72. The summed E-state index contributed by atoms with van der Waals surface area (Å²) in [5.74, 6) is 2.06. The molecule has 4 aromatic rings. The number of nitrogens with zero attached hydrogens (tertiary/aromatic N) is 5. The normalized spacial score (nSPS) is 15.4. The molecule has 5 rings (SSSR count). The average Bonchev–Trinajstić information content (AvgIpc) is 3.16. The van der Waals surface area contributed by atoms with Crippen LogP contribution in [0.25, 0.3) is 22.0 Å². The topological polar surface area (TPSA) is 133 Å². The quantitative estimate of drug-likeness (QED) is 0.471. The van der Waals surface area contributed by atoms with Gasteiger partial charge in [0, 0.05) is 48.5 Å². The zero-order valence-corrected chi connectivity index (χ0v) is 17.7. The molecule has 0 aromatic carbocycles. The number of aryl methyl sites for hydroxylation is 2. The second-order valence-corrected chi connectivity index (χ2v) is 7.94. The smallest absolute Gasteiger partial charge is 0.249 e. The summed E-state index contributed by atoms with van der Waals surface area (Å²) in [5.41, 5.74) is 9.89. The number of hydrogen-bond donors (Lipinski definition) is 2. The van der Waals surface area contributed by atoms with Gasteiger partial charge in [0.2, 0.25) is 11.8 Å². The summed E-state index contributed by atoms with van der Waals surface area (Å²) in [7, 11) is 0. The number of aromatic nitrogens is 5. The van der Waals surface area contributed by atoms with Crippen LogP contribution < -0.4 is 11.1 Å². The van der Waals surface area contributed by atoms with Gasteiger partial charge in [-0.2, -0.15) is 4.98 Å². The molecule has 1 saturated carbocycles. The minimum atomic E-state index is -0.222. The highest BCUT2D eigenvalue weighted by molar-refractivity contribution is 6.01. The third-order valence-corrected chi connectivity index (χ3v) is 5.57. The number of anilines is 2. The van der Waals surface area contributed by atoms with E-state index in [2.05, 4.69) is 30.4 Å². The second kappa shape index (κ2) is 7.84. The minimum absolute atomic E-state index is 0.204. The van der Waals surface area contributed by atoms with Crippen LogP contribution in [-0.4, -0.2) is 31.0 Å². The highest BCUT2D eigenvalue weighted by atomic mass is 16.5. The highest BCUT2D eigenvalue weighted by Crippen LogP contribution is 2.39. The third kappa shape index (κ3) is 3.80.